The zero-order valence-corrected chi connectivity index (χ0v) is 12.2. The van der Waals surface area contributed by atoms with Crippen molar-refractivity contribution < 1.29 is 40.3 Å². The quantitative estimate of drug-likeness (QED) is 0.470. The van der Waals surface area contributed by atoms with Crippen LogP contribution in [0.5, 0.6) is 0 Å². The SMILES string of the molecule is CN(C)C(=NC(=O)C(F)(F)C(F)(F)OC(F)(F)F)c1ccccc1. The van der Waals surface area contributed by atoms with E-state index in [1.165, 1.54) is 38.4 Å². The van der Waals surface area contributed by atoms with Crippen LogP contribution in [0.15, 0.2) is 35.3 Å². The fourth-order valence-corrected chi connectivity index (χ4v) is 1.51. The number of aliphatic imine (C=N–C) groups is 1. The van der Waals surface area contributed by atoms with Crippen LogP contribution in [0.3, 0.4) is 0 Å². The Morgan fingerprint density at radius 1 is 1.00 bits per heavy atom. The van der Waals surface area contributed by atoms with Crippen molar-refractivity contribution in [3.05, 3.63) is 35.9 Å². The predicted octanol–water partition coefficient (Wildman–Crippen LogP) is 3.29. The first-order valence-corrected chi connectivity index (χ1v) is 6.16. The molecule has 1 amide bonds. The zero-order valence-electron chi connectivity index (χ0n) is 12.2. The van der Waals surface area contributed by atoms with Gasteiger partial charge in [-0.3, -0.25) is 4.79 Å². The number of carbonyl (C=O) groups is 1. The molecule has 0 saturated carbocycles. The number of nitrogens with zero attached hydrogens (tertiary/aromatic N) is 2. The van der Waals surface area contributed by atoms with E-state index in [4.69, 9.17) is 0 Å². The van der Waals surface area contributed by atoms with Crippen molar-refractivity contribution in [2.75, 3.05) is 14.1 Å². The molecule has 1 aromatic rings. The third-order valence-corrected chi connectivity index (χ3v) is 2.54. The molecule has 1 aromatic carbocycles. The standard InChI is InChI=1S/C13H11F7N2O2/c1-22(2)9(8-6-4-3-5-7-8)21-10(23)11(14,15)12(16,17)24-13(18,19)20/h3-7H,1-2H3. The Kier molecular flexibility index (Phi) is 5.59. The number of carbonyl (C=O) groups excluding carboxylic acids is 1. The Labute approximate surface area is 131 Å². The summed E-state index contributed by atoms with van der Waals surface area (Å²) in [4.78, 5) is 15.3. The molecule has 0 heterocycles. The maximum Gasteiger partial charge on any atom is 0.527 e. The zero-order chi connectivity index (χ0) is 18.8. The van der Waals surface area contributed by atoms with Crippen LogP contribution >= 0.6 is 0 Å². The van der Waals surface area contributed by atoms with Gasteiger partial charge in [0.1, 0.15) is 5.84 Å². The average molecular weight is 360 g/mol. The summed E-state index contributed by atoms with van der Waals surface area (Å²) in [6.07, 6.45) is -12.2. The molecule has 0 radical (unpaired) electrons. The van der Waals surface area contributed by atoms with Crippen LogP contribution in [0.4, 0.5) is 30.7 Å². The smallest absolute Gasteiger partial charge is 0.362 e. The monoisotopic (exact) mass is 360 g/mol. The van der Waals surface area contributed by atoms with Gasteiger partial charge in [0.25, 0.3) is 0 Å². The summed E-state index contributed by atoms with van der Waals surface area (Å²) >= 11 is 0. The number of amidine groups is 1. The lowest BCUT2D eigenvalue weighted by molar-refractivity contribution is -0.457. The molecular formula is C13H11F7N2O2. The molecular weight excluding hydrogens is 349 g/mol. The van der Waals surface area contributed by atoms with E-state index in [2.05, 4.69) is 9.73 Å². The van der Waals surface area contributed by atoms with Gasteiger partial charge in [0.15, 0.2) is 0 Å². The van der Waals surface area contributed by atoms with Gasteiger partial charge < -0.3 is 4.90 Å². The van der Waals surface area contributed by atoms with E-state index < -0.39 is 30.1 Å². The minimum absolute atomic E-state index is 0.117. The number of ether oxygens (including phenoxy) is 1. The van der Waals surface area contributed by atoms with Crippen molar-refractivity contribution in [2.45, 2.75) is 18.4 Å². The van der Waals surface area contributed by atoms with Crippen LogP contribution in [0, 0.1) is 0 Å². The summed E-state index contributed by atoms with van der Waals surface area (Å²) in [6, 6.07) is 7.15. The summed E-state index contributed by atoms with van der Waals surface area (Å²) in [5.41, 5.74) is 0.117. The van der Waals surface area contributed by atoms with Crippen molar-refractivity contribution >= 4 is 11.7 Å². The highest BCUT2D eigenvalue weighted by Gasteiger charge is 2.67. The van der Waals surface area contributed by atoms with Gasteiger partial charge in [-0.15, -0.1) is 13.2 Å². The van der Waals surface area contributed by atoms with Crippen molar-refractivity contribution in [1.29, 1.82) is 0 Å². The molecule has 0 aliphatic rings. The van der Waals surface area contributed by atoms with Crippen LogP contribution < -0.4 is 0 Å². The Morgan fingerprint density at radius 3 is 1.92 bits per heavy atom. The van der Waals surface area contributed by atoms with Gasteiger partial charge in [-0.25, -0.2) is 4.74 Å². The molecule has 4 nitrogen and oxygen atoms in total. The molecule has 0 N–H and O–H groups in total. The van der Waals surface area contributed by atoms with Crippen LogP contribution in [0.1, 0.15) is 5.56 Å². The van der Waals surface area contributed by atoms with Crippen LogP contribution in [-0.4, -0.2) is 49.1 Å². The third kappa shape index (κ3) is 4.66. The maximum absolute atomic E-state index is 13.4. The van der Waals surface area contributed by atoms with Crippen molar-refractivity contribution in [2.24, 2.45) is 4.99 Å². The van der Waals surface area contributed by atoms with E-state index in [1.807, 2.05) is 0 Å². The molecule has 0 fully saturated rings. The van der Waals surface area contributed by atoms with E-state index in [1.54, 1.807) is 6.07 Å². The Morgan fingerprint density at radius 2 is 1.50 bits per heavy atom. The summed E-state index contributed by atoms with van der Waals surface area (Å²) < 4.78 is 90.3. The molecule has 11 heteroatoms. The van der Waals surface area contributed by atoms with E-state index in [-0.39, 0.29) is 5.56 Å². The molecule has 0 unspecified atom stereocenters. The summed E-state index contributed by atoms with van der Waals surface area (Å²) in [5.74, 6) is -9.04. The van der Waals surface area contributed by atoms with E-state index in [9.17, 15) is 35.5 Å². The Balaban J connectivity index is 3.22. The number of hydrogen-bond donors (Lipinski definition) is 0. The second-order valence-corrected chi connectivity index (χ2v) is 4.64. The number of alkyl halides is 7. The molecule has 0 aliphatic carbocycles. The molecule has 24 heavy (non-hydrogen) atoms. The summed E-state index contributed by atoms with van der Waals surface area (Å²) in [6.45, 7) is 0. The second kappa shape index (κ2) is 6.75. The minimum Gasteiger partial charge on any atom is -0.362 e. The van der Waals surface area contributed by atoms with E-state index in [0.29, 0.717) is 0 Å². The van der Waals surface area contributed by atoms with Crippen LogP contribution in [0.25, 0.3) is 0 Å². The first-order chi connectivity index (χ1) is 10.8. The van der Waals surface area contributed by atoms with Gasteiger partial charge in [0.2, 0.25) is 0 Å². The van der Waals surface area contributed by atoms with Gasteiger partial charge >= 0.3 is 24.3 Å². The van der Waals surface area contributed by atoms with Crippen molar-refractivity contribution in [3.63, 3.8) is 0 Å². The Hall–Kier alpha value is -2.17. The molecule has 0 spiro atoms. The molecule has 0 saturated heterocycles. The van der Waals surface area contributed by atoms with Gasteiger partial charge in [0.05, 0.1) is 0 Å². The third-order valence-electron chi connectivity index (χ3n) is 2.54. The highest BCUT2D eigenvalue weighted by atomic mass is 19.4. The fourth-order valence-electron chi connectivity index (χ4n) is 1.51. The normalized spacial score (nSPS) is 13.8. The minimum atomic E-state index is -6.11. The van der Waals surface area contributed by atoms with Gasteiger partial charge in [-0.2, -0.15) is 22.6 Å². The number of rotatable bonds is 4. The molecule has 1 rings (SSSR count). The highest BCUT2D eigenvalue weighted by molar-refractivity contribution is 6.06. The lowest BCUT2D eigenvalue weighted by Gasteiger charge is -2.25. The van der Waals surface area contributed by atoms with Gasteiger partial charge in [0, 0.05) is 19.7 Å². The molecule has 0 aliphatic heterocycles. The average Bonchev–Trinajstić information content (AvgIpc) is 2.42. The van der Waals surface area contributed by atoms with Crippen LogP contribution in [0.2, 0.25) is 0 Å². The number of hydrogen-bond acceptors (Lipinski definition) is 2. The molecule has 0 aromatic heterocycles. The first kappa shape index (κ1) is 19.9. The van der Waals surface area contributed by atoms with Crippen molar-refractivity contribution in [3.8, 4) is 0 Å². The highest BCUT2D eigenvalue weighted by Crippen LogP contribution is 2.40. The van der Waals surface area contributed by atoms with Gasteiger partial charge in [-0.05, 0) is 0 Å². The number of halogens is 7. The maximum atomic E-state index is 13.4. The van der Waals surface area contributed by atoms with Gasteiger partial charge in [-0.1, -0.05) is 30.3 Å². The second-order valence-electron chi connectivity index (χ2n) is 4.64. The van der Waals surface area contributed by atoms with Crippen molar-refractivity contribution in [1.82, 2.24) is 4.90 Å². The Bertz CT molecular complexity index is 612. The van der Waals surface area contributed by atoms with E-state index in [0.717, 1.165) is 4.90 Å². The fraction of sp³-hybridized carbons (Fsp3) is 0.385. The summed E-state index contributed by atoms with van der Waals surface area (Å²) in [7, 11) is 2.56. The lowest BCUT2D eigenvalue weighted by atomic mass is 10.2. The molecule has 134 valence electrons. The molecule has 0 bridgehead atoms. The summed E-state index contributed by atoms with van der Waals surface area (Å²) in [5, 5.41) is 0. The molecule has 0 atom stereocenters. The first-order valence-electron chi connectivity index (χ1n) is 6.16. The lowest BCUT2D eigenvalue weighted by Crippen LogP contribution is -2.51. The topological polar surface area (TPSA) is 41.9 Å². The largest absolute Gasteiger partial charge is 0.527 e. The van der Waals surface area contributed by atoms with Crippen LogP contribution in [-0.2, 0) is 9.53 Å². The number of benzene rings is 1. The van der Waals surface area contributed by atoms with E-state index >= 15 is 0 Å². The predicted molar refractivity (Wildman–Crippen MR) is 68.7 cm³/mol. The number of amides is 1.